The van der Waals surface area contributed by atoms with Crippen LogP contribution < -0.4 is 5.32 Å². The molecule has 0 saturated carbocycles. The van der Waals surface area contributed by atoms with Crippen LogP contribution in [0.4, 0.5) is 11.4 Å². The zero-order valence-corrected chi connectivity index (χ0v) is 19.2. The van der Waals surface area contributed by atoms with Crippen LogP contribution in [0.1, 0.15) is 38.8 Å². The van der Waals surface area contributed by atoms with Crippen molar-refractivity contribution in [1.82, 2.24) is 0 Å². The fourth-order valence-corrected chi connectivity index (χ4v) is 6.12. The number of benzene rings is 2. The lowest BCUT2D eigenvalue weighted by Crippen LogP contribution is -2.11. The number of aliphatic imine (C=N–C) groups is 2. The highest BCUT2D eigenvalue weighted by atomic mass is 32.2. The standard InChI is InChI=1S/C24H29N3S2/c1-15(2)21-13-28-23(26-21)17-9-5-7-11-19(17)25-20-12-8-6-10-18(20)24-27-22(14-29-24)16(3)4/h5-12,15-16,21-22,25H,13-14H2,1-4H3/t21-,22-/m1/s1. The van der Waals surface area contributed by atoms with Crippen molar-refractivity contribution in [2.45, 2.75) is 39.8 Å². The number of anilines is 2. The Hall–Kier alpha value is -1.72. The maximum absolute atomic E-state index is 5.00. The van der Waals surface area contributed by atoms with Crippen molar-refractivity contribution in [1.29, 1.82) is 0 Å². The maximum atomic E-state index is 5.00. The van der Waals surface area contributed by atoms with Crippen LogP contribution in [-0.4, -0.2) is 33.7 Å². The van der Waals surface area contributed by atoms with Gasteiger partial charge in [-0.25, -0.2) is 0 Å². The molecule has 1 N–H and O–H groups in total. The van der Waals surface area contributed by atoms with E-state index in [1.165, 1.54) is 11.1 Å². The number of hydrogen-bond donors (Lipinski definition) is 1. The molecule has 152 valence electrons. The second-order valence-electron chi connectivity index (χ2n) is 8.33. The van der Waals surface area contributed by atoms with Gasteiger partial charge in [0.05, 0.1) is 12.1 Å². The molecule has 0 amide bonds. The molecule has 0 bridgehead atoms. The lowest BCUT2D eigenvalue weighted by molar-refractivity contribution is 0.544. The lowest BCUT2D eigenvalue weighted by Gasteiger charge is -2.15. The Morgan fingerprint density at radius 1 is 0.724 bits per heavy atom. The van der Waals surface area contributed by atoms with E-state index in [1.54, 1.807) is 0 Å². The molecule has 2 aliphatic rings. The molecule has 0 fully saturated rings. The van der Waals surface area contributed by atoms with Gasteiger partial charge in [-0.3, -0.25) is 9.98 Å². The Bertz CT molecular complexity index is 858. The Morgan fingerprint density at radius 2 is 1.14 bits per heavy atom. The van der Waals surface area contributed by atoms with E-state index in [-0.39, 0.29) is 0 Å². The van der Waals surface area contributed by atoms with Crippen LogP contribution in [0.15, 0.2) is 58.5 Å². The van der Waals surface area contributed by atoms with E-state index in [9.17, 15) is 0 Å². The second-order valence-corrected chi connectivity index (χ2v) is 10.3. The zero-order chi connectivity index (χ0) is 20.4. The largest absolute Gasteiger partial charge is 0.354 e. The van der Waals surface area contributed by atoms with Gasteiger partial charge in [-0.15, -0.1) is 23.5 Å². The van der Waals surface area contributed by atoms with Crippen LogP contribution in [0.3, 0.4) is 0 Å². The van der Waals surface area contributed by atoms with Crippen LogP contribution in [0.5, 0.6) is 0 Å². The van der Waals surface area contributed by atoms with Crippen molar-refractivity contribution in [2.75, 3.05) is 16.8 Å². The van der Waals surface area contributed by atoms with Crippen LogP contribution in [0.2, 0.25) is 0 Å². The monoisotopic (exact) mass is 423 g/mol. The molecule has 2 aliphatic heterocycles. The molecule has 29 heavy (non-hydrogen) atoms. The summed E-state index contributed by atoms with van der Waals surface area (Å²) in [6.45, 7) is 9.01. The van der Waals surface area contributed by atoms with Crippen LogP contribution in [-0.2, 0) is 0 Å². The Labute approximate surface area is 182 Å². The first-order valence-electron chi connectivity index (χ1n) is 10.4. The summed E-state index contributed by atoms with van der Waals surface area (Å²) in [7, 11) is 0. The first-order chi connectivity index (χ1) is 14.0. The molecular weight excluding hydrogens is 394 g/mol. The van der Waals surface area contributed by atoms with E-state index < -0.39 is 0 Å². The van der Waals surface area contributed by atoms with Gasteiger partial charge in [0, 0.05) is 34.0 Å². The lowest BCUT2D eigenvalue weighted by atomic mass is 10.1. The van der Waals surface area contributed by atoms with E-state index in [0.717, 1.165) is 33.0 Å². The number of nitrogens with zero attached hydrogens (tertiary/aromatic N) is 2. The minimum atomic E-state index is 0.410. The van der Waals surface area contributed by atoms with Crippen molar-refractivity contribution in [3.05, 3.63) is 59.7 Å². The number of para-hydroxylation sites is 2. The molecule has 5 heteroatoms. The number of rotatable bonds is 6. The third-order valence-electron chi connectivity index (χ3n) is 5.47. The van der Waals surface area contributed by atoms with Crippen molar-refractivity contribution in [3.63, 3.8) is 0 Å². The summed E-state index contributed by atoms with van der Waals surface area (Å²) in [4.78, 5) is 10.0. The summed E-state index contributed by atoms with van der Waals surface area (Å²) >= 11 is 3.74. The predicted octanol–water partition coefficient (Wildman–Crippen LogP) is 6.47. The highest BCUT2D eigenvalue weighted by molar-refractivity contribution is 8.15. The van der Waals surface area contributed by atoms with Crippen LogP contribution in [0.25, 0.3) is 0 Å². The zero-order valence-electron chi connectivity index (χ0n) is 17.6. The fraction of sp³-hybridized carbons (Fsp3) is 0.417. The van der Waals surface area contributed by atoms with Gasteiger partial charge in [0.15, 0.2) is 0 Å². The van der Waals surface area contributed by atoms with Gasteiger partial charge >= 0.3 is 0 Å². The Balaban J connectivity index is 1.64. The molecule has 0 aliphatic carbocycles. The van der Waals surface area contributed by atoms with E-state index in [1.807, 2.05) is 23.5 Å². The van der Waals surface area contributed by atoms with Crippen molar-refractivity contribution >= 4 is 45.0 Å². The smallest absolute Gasteiger partial charge is 0.100 e. The first kappa shape index (κ1) is 20.5. The van der Waals surface area contributed by atoms with E-state index >= 15 is 0 Å². The van der Waals surface area contributed by atoms with E-state index in [0.29, 0.717) is 23.9 Å². The number of hydrogen-bond acceptors (Lipinski definition) is 5. The molecule has 2 aromatic carbocycles. The van der Waals surface area contributed by atoms with Gasteiger partial charge in [-0.1, -0.05) is 64.1 Å². The predicted molar refractivity (Wildman–Crippen MR) is 131 cm³/mol. The van der Waals surface area contributed by atoms with Gasteiger partial charge in [0.2, 0.25) is 0 Å². The minimum absolute atomic E-state index is 0.410. The minimum Gasteiger partial charge on any atom is -0.354 e. The van der Waals surface area contributed by atoms with Gasteiger partial charge in [0.1, 0.15) is 10.1 Å². The molecule has 4 rings (SSSR count). The molecule has 0 spiro atoms. The number of nitrogens with one attached hydrogen (secondary N) is 1. The number of thioether (sulfide) groups is 2. The van der Waals surface area contributed by atoms with Gasteiger partial charge in [-0.2, -0.15) is 0 Å². The Kier molecular flexibility index (Phi) is 6.35. The molecule has 2 atom stereocenters. The summed E-state index contributed by atoms with van der Waals surface area (Å²) in [6.07, 6.45) is 0. The normalized spacial score (nSPS) is 21.6. The molecule has 0 aromatic heterocycles. The summed E-state index contributed by atoms with van der Waals surface area (Å²) in [5.41, 5.74) is 4.60. The molecule has 2 heterocycles. The Morgan fingerprint density at radius 3 is 1.52 bits per heavy atom. The van der Waals surface area contributed by atoms with E-state index in [4.69, 9.17) is 9.98 Å². The molecule has 0 radical (unpaired) electrons. The average Bonchev–Trinajstić information content (AvgIpc) is 3.39. The van der Waals surface area contributed by atoms with Crippen LogP contribution in [0, 0.1) is 11.8 Å². The van der Waals surface area contributed by atoms with Crippen molar-refractivity contribution < 1.29 is 0 Å². The van der Waals surface area contributed by atoms with Crippen molar-refractivity contribution in [3.8, 4) is 0 Å². The fourth-order valence-electron chi connectivity index (χ4n) is 3.46. The molecule has 2 aromatic rings. The first-order valence-corrected chi connectivity index (χ1v) is 12.4. The third kappa shape index (κ3) is 4.56. The highest BCUT2D eigenvalue weighted by Crippen LogP contribution is 2.34. The topological polar surface area (TPSA) is 36.8 Å². The summed E-state index contributed by atoms with van der Waals surface area (Å²) < 4.78 is 0. The van der Waals surface area contributed by atoms with Gasteiger partial charge in [0.25, 0.3) is 0 Å². The van der Waals surface area contributed by atoms with Crippen LogP contribution >= 0.6 is 23.5 Å². The SMILES string of the molecule is CC(C)[C@H]1CSC(c2ccccc2Nc2ccccc2C2=N[C@@H](C(C)C)CS2)=N1. The van der Waals surface area contributed by atoms with E-state index in [2.05, 4.69) is 81.5 Å². The molecule has 3 nitrogen and oxygen atoms in total. The average molecular weight is 424 g/mol. The third-order valence-corrected chi connectivity index (χ3v) is 7.69. The maximum Gasteiger partial charge on any atom is 0.100 e. The van der Waals surface area contributed by atoms with Gasteiger partial charge < -0.3 is 5.32 Å². The van der Waals surface area contributed by atoms with Crippen molar-refractivity contribution in [2.24, 2.45) is 21.8 Å². The molecular formula is C24H29N3S2. The summed E-state index contributed by atoms with van der Waals surface area (Å²) in [5, 5.41) is 5.99. The summed E-state index contributed by atoms with van der Waals surface area (Å²) in [5.74, 6) is 3.29. The highest BCUT2D eigenvalue weighted by Gasteiger charge is 2.25. The molecule has 0 unspecified atom stereocenters. The second kappa shape index (κ2) is 8.97. The quantitative estimate of drug-likeness (QED) is 0.579. The summed E-state index contributed by atoms with van der Waals surface area (Å²) in [6, 6.07) is 17.9. The van der Waals surface area contributed by atoms with Gasteiger partial charge in [-0.05, 0) is 24.0 Å². The molecule has 0 saturated heterocycles.